The predicted molar refractivity (Wildman–Crippen MR) is 91.8 cm³/mol. The van der Waals surface area contributed by atoms with Crippen molar-refractivity contribution in [3.63, 3.8) is 0 Å². The molecule has 2 amide bonds. The Morgan fingerprint density at radius 3 is 2.76 bits per heavy atom. The van der Waals surface area contributed by atoms with Crippen LogP contribution in [0.1, 0.15) is 47.7 Å². The van der Waals surface area contributed by atoms with Crippen LogP contribution in [0.15, 0.2) is 6.07 Å². The van der Waals surface area contributed by atoms with Crippen LogP contribution in [-0.2, 0) is 16.0 Å². The highest BCUT2D eigenvalue weighted by Crippen LogP contribution is 2.24. The second-order valence-electron chi connectivity index (χ2n) is 7.04. The van der Waals surface area contributed by atoms with Gasteiger partial charge in [0.25, 0.3) is 5.91 Å². The summed E-state index contributed by atoms with van der Waals surface area (Å²) in [5.74, 6) is 0.747. The van der Waals surface area contributed by atoms with Crippen LogP contribution in [0.5, 0.6) is 0 Å². The number of ether oxygens (including phenoxy) is 1. The second-order valence-corrected chi connectivity index (χ2v) is 7.04. The maximum atomic E-state index is 12.7. The van der Waals surface area contributed by atoms with Crippen molar-refractivity contribution < 1.29 is 14.3 Å². The van der Waals surface area contributed by atoms with Gasteiger partial charge < -0.3 is 15.4 Å². The number of hydrogen-bond donors (Lipinski definition) is 1. The summed E-state index contributed by atoms with van der Waals surface area (Å²) in [6, 6.07) is 1.68. The first-order chi connectivity index (χ1) is 12.0. The van der Waals surface area contributed by atoms with E-state index in [2.05, 4.69) is 9.97 Å². The van der Waals surface area contributed by atoms with Crippen LogP contribution in [0.25, 0.3) is 0 Å². The van der Waals surface area contributed by atoms with Crippen LogP contribution in [0.4, 0.5) is 0 Å². The zero-order valence-corrected chi connectivity index (χ0v) is 14.7. The average molecular weight is 346 g/mol. The Morgan fingerprint density at radius 2 is 2.04 bits per heavy atom. The molecule has 0 aliphatic carbocycles. The van der Waals surface area contributed by atoms with Crippen LogP contribution in [-0.4, -0.2) is 53.0 Å². The molecule has 0 radical (unpaired) electrons. The number of nitrogens with zero attached hydrogens (tertiary/aromatic N) is 3. The van der Waals surface area contributed by atoms with Gasteiger partial charge in [-0.05, 0) is 51.0 Å². The lowest BCUT2D eigenvalue weighted by molar-refractivity contribution is -0.140. The first kappa shape index (κ1) is 17.8. The molecule has 3 heterocycles. The van der Waals surface area contributed by atoms with Crippen molar-refractivity contribution in [3.8, 4) is 0 Å². The molecule has 2 aliphatic rings. The Morgan fingerprint density at radius 1 is 1.28 bits per heavy atom. The van der Waals surface area contributed by atoms with E-state index >= 15 is 0 Å². The lowest BCUT2D eigenvalue weighted by atomic mass is 9.91. The monoisotopic (exact) mass is 346 g/mol. The van der Waals surface area contributed by atoms with E-state index in [1.54, 1.807) is 13.0 Å². The Kier molecular flexibility index (Phi) is 5.63. The third-order valence-electron chi connectivity index (χ3n) is 5.04. The van der Waals surface area contributed by atoms with E-state index in [4.69, 9.17) is 10.5 Å². The number of primary amides is 1. The maximum absolute atomic E-state index is 12.7. The smallest absolute Gasteiger partial charge is 0.267 e. The molecule has 1 aromatic rings. The largest absolute Gasteiger partial charge is 0.381 e. The number of amides is 2. The number of aromatic nitrogens is 2. The summed E-state index contributed by atoms with van der Waals surface area (Å²) in [7, 11) is 0. The van der Waals surface area contributed by atoms with Gasteiger partial charge in [0, 0.05) is 37.9 Å². The van der Waals surface area contributed by atoms with E-state index in [0.717, 1.165) is 50.9 Å². The van der Waals surface area contributed by atoms with Gasteiger partial charge in [0.2, 0.25) is 5.91 Å². The summed E-state index contributed by atoms with van der Waals surface area (Å²) in [5, 5.41) is 0. The van der Waals surface area contributed by atoms with Gasteiger partial charge in [-0.15, -0.1) is 0 Å². The lowest BCUT2D eigenvalue weighted by Crippen LogP contribution is -2.44. The maximum Gasteiger partial charge on any atom is 0.267 e. The SMILES string of the molecule is Cc1nc(C[C@@H]2CCCN(C(=O)C3CCOCC3)C2)cc(C(N)=O)n1. The third-order valence-corrected chi connectivity index (χ3v) is 5.04. The molecule has 2 saturated heterocycles. The molecule has 7 heteroatoms. The third kappa shape index (κ3) is 4.54. The Labute approximate surface area is 148 Å². The number of rotatable bonds is 4. The van der Waals surface area contributed by atoms with E-state index in [0.29, 0.717) is 25.0 Å². The van der Waals surface area contributed by atoms with Gasteiger partial charge in [-0.25, -0.2) is 9.97 Å². The molecule has 7 nitrogen and oxygen atoms in total. The van der Waals surface area contributed by atoms with Crippen LogP contribution < -0.4 is 5.73 Å². The molecule has 1 aromatic heterocycles. The quantitative estimate of drug-likeness (QED) is 0.880. The minimum absolute atomic E-state index is 0.107. The minimum atomic E-state index is -0.535. The van der Waals surface area contributed by atoms with Crippen molar-refractivity contribution in [3.05, 3.63) is 23.3 Å². The van der Waals surface area contributed by atoms with Gasteiger partial charge in [0.15, 0.2) is 0 Å². The summed E-state index contributed by atoms with van der Waals surface area (Å²) in [6.45, 7) is 4.72. The van der Waals surface area contributed by atoms with Crippen molar-refractivity contribution in [2.24, 2.45) is 17.6 Å². The van der Waals surface area contributed by atoms with Crippen molar-refractivity contribution in [1.29, 1.82) is 0 Å². The molecule has 0 saturated carbocycles. The highest BCUT2D eigenvalue weighted by Gasteiger charge is 2.30. The number of carbonyl (C=O) groups is 2. The average Bonchev–Trinajstić information content (AvgIpc) is 2.61. The van der Waals surface area contributed by atoms with Crippen LogP contribution in [0.2, 0.25) is 0 Å². The Bertz CT molecular complexity index is 643. The second kappa shape index (κ2) is 7.91. The highest BCUT2D eigenvalue weighted by molar-refractivity contribution is 5.90. The van der Waals surface area contributed by atoms with Gasteiger partial charge in [0.05, 0.1) is 0 Å². The molecule has 2 fully saturated rings. The molecule has 3 rings (SSSR count). The van der Waals surface area contributed by atoms with Crippen LogP contribution >= 0.6 is 0 Å². The van der Waals surface area contributed by atoms with E-state index < -0.39 is 5.91 Å². The molecule has 25 heavy (non-hydrogen) atoms. The van der Waals surface area contributed by atoms with Crippen molar-refractivity contribution in [1.82, 2.24) is 14.9 Å². The van der Waals surface area contributed by atoms with Crippen molar-refractivity contribution >= 4 is 11.8 Å². The number of hydrogen-bond acceptors (Lipinski definition) is 5. The zero-order valence-electron chi connectivity index (χ0n) is 14.7. The van der Waals surface area contributed by atoms with Crippen LogP contribution in [0, 0.1) is 18.8 Å². The molecular formula is C18H26N4O3. The highest BCUT2D eigenvalue weighted by atomic mass is 16.5. The van der Waals surface area contributed by atoms with Gasteiger partial charge in [0.1, 0.15) is 11.5 Å². The number of aryl methyl sites for hydroxylation is 1. The van der Waals surface area contributed by atoms with Crippen molar-refractivity contribution in [2.45, 2.75) is 39.0 Å². The summed E-state index contributed by atoms with van der Waals surface area (Å²) in [5.41, 5.74) is 6.42. The molecule has 136 valence electrons. The van der Waals surface area contributed by atoms with E-state index in [1.165, 1.54) is 0 Å². The summed E-state index contributed by atoms with van der Waals surface area (Å²) < 4.78 is 5.36. The fourth-order valence-electron chi connectivity index (χ4n) is 3.79. The van der Waals surface area contributed by atoms with Gasteiger partial charge in [-0.3, -0.25) is 9.59 Å². The van der Waals surface area contributed by atoms with Gasteiger partial charge in [-0.1, -0.05) is 0 Å². The van der Waals surface area contributed by atoms with Gasteiger partial charge in [-0.2, -0.15) is 0 Å². The van der Waals surface area contributed by atoms with Crippen LogP contribution in [0.3, 0.4) is 0 Å². The molecule has 2 N–H and O–H groups in total. The Hall–Kier alpha value is -2.02. The first-order valence-electron chi connectivity index (χ1n) is 9.04. The summed E-state index contributed by atoms with van der Waals surface area (Å²) in [4.78, 5) is 34.6. The topological polar surface area (TPSA) is 98.4 Å². The van der Waals surface area contributed by atoms with Crippen molar-refractivity contribution in [2.75, 3.05) is 26.3 Å². The Balaban J connectivity index is 1.63. The molecule has 0 unspecified atom stereocenters. The zero-order chi connectivity index (χ0) is 17.8. The molecule has 0 spiro atoms. The normalized spacial score (nSPS) is 22.0. The molecule has 0 bridgehead atoms. The van der Waals surface area contributed by atoms with E-state index in [9.17, 15) is 9.59 Å². The fraction of sp³-hybridized carbons (Fsp3) is 0.667. The fourth-order valence-corrected chi connectivity index (χ4v) is 3.79. The molecular weight excluding hydrogens is 320 g/mol. The molecule has 2 aliphatic heterocycles. The summed E-state index contributed by atoms with van der Waals surface area (Å²) in [6.07, 6.45) is 4.46. The number of likely N-dealkylation sites (tertiary alicyclic amines) is 1. The molecule has 1 atom stereocenters. The standard InChI is InChI=1S/C18H26N4O3/c1-12-20-15(10-16(21-12)17(19)23)9-13-3-2-6-22(11-13)18(24)14-4-7-25-8-5-14/h10,13-14H,2-9,11H2,1H3,(H2,19,23)/t13-/m0/s1. The first-order valence-corrected chi connectivity index (χ1v) is 9.04. The summed E-state index contributed by atoms with van der Waals surface area (Å²) >= 11 is 0. The minimum Gasteiger partial charge on any atom is -0.381 e. The number of piperidine rings is 1. The van der Waals surface area contributed by atoms with E-state index in [1.807, 2.05) is 4.90 Å². The number of nitrogens with two attached hydrogens (primary N) is 1. The van der Waals surface area contributed by atoms with E-state index in [-0.39, 0.29) is 17.5 Å². The molecule has 0 aromatic carbocycles. The number of carbonyl (C=O) groups excluding carboxylic acids is 2. The lowest BCUT2D eigenvalue weighted by Gasteiger charge is -2.36. The van der Waals surface area contributed by atoms with Gasteiger partial charge >= 0.3 is 0 Å². The predicted octanol–water partition coefficient (Wildman–Crippen LogP) is 1.09.